The van der Waals surface area contributed by atoms with E-state index in [1.807, 2.05) is 6.92 Å². The molecule has 0 amide bonds. The van der Waals surface area contributed by atoms with Gasteiger partial charge in [0.25, 0.3) is 0 Å². The number of anilines is 1. The van der Waals surface area contributed by atoms with Crippen LogP contribution in [0.1, 0.15) is 54.9 Å². The maximum Gasteiger partial charge on any atom is 0.229 e. The first-order valence-electron chi connectivity index (χ1n) is 11.8. The van der Waals surface area contributed by atoms with Crippen molar-refractivity contribution in [3.8, 4) is 0 Å². The van der Waals surface area contributed by atoms with E-state index < -0.39 is 16.4 Å². The molecule has 2 heterocycles. The number of hydrogen-bond donors (Lipinski definition) is 3. The summed E-state index contributed by atoms with van der Waals surface area (Å²) in [6.07, 6.45) is -0.896. The molecule has 0 fully saturated rings. The van der Waals surface area contributed by atoms with Gasteiger partial charge in [0, 0.05) is 12.2 Å². The minimum Gasteiger partial charge on any atom is -0.509 e. The van der Waals surface area contributed by atoms with Crippen LogP contribution in [0.25, 0.3) is 0 Å². The van der Waals surface area contributed by atoms with Crippen molar-refractivity contribution in [2.75, 3.05) is 24.1 Å². The van der Waals surface area contributed by atoms with Crippen LogP contribution in [0.4, 0.5) is 11.4 Å². The summed E-state index contributed by atoms with van der Waals surface area (Å²) >= 11 is 11.9. The molecule has 0 aromatic heterocycles. The number of thiocarbonyl (C=S) groups is 1. The highest BCUT2D eigenvalue weighted by molar-refractivity contribution is 8.15. The molecule has 0 bridgehead atoms. The lowest BCUT2D eigenvalue weighted by Crippen LogP contribution is -2.45. The zero-order chi connectivity index (χ0) is 27.3. The third kappa shape index (κ3) is 6.30. The number of aliphatic hydroxyl groups is 1. The number of fused-ring (bicyclic) bond motifs is 1. The number of amidine groups is 1. The quantitative estimate of drug-likeness (QED) is 0.311. The van der Waals surface area contributed by atoms with Crippen molar-refractivity contribution in [1.29, 1.82) is 0 Å². The summed E-state index contributed by atoms with van der Waals surface area (Å²) in [4.78, 5) is 7.40. The van der Waals surface area contributed by atoms with Crippen LogP contribution in [0.5, 0.6) is 0 Å². The Hall–Kier alpha value is -1.52. The van der Waals surface area contributed by atoms with Gasteiger partial charge < -0.3 is 19.6 Å². The topological polar surface area (TPSA) is 103 Å². The van der Waals surface area contributed by atoms with Gasteiger partial charge in [0.15, 0.2) is 6.42 Å². The highest BCUT2D eigenvalue weighted by Gasteiger charge is 2.46. The summed E-state index contributed by atoms with van der Waals surface area (Å²) in [7, 11) is -3.47. The second-order valence-corrected chi connectivity index (χ2v) is 17.2. The average molecular weight is 573 g/mol. The second kappa shape index (κ2) is 9.98. The molecule has 0 saturated heterocycles. The Morgan fingerprint density at radius 1 is 1.25 bits per heavy atom. The highest BCUT2D eigenvalue weighted by Crippen LogP contribution is 2.49. The van der Waals surface area contributed by atoms with Crippen LogP contribution >= 0.6 is 18.6 Å². The molecule has 3 rings (SSSR count). The largest absolute Gasteiger partial charge is 0.509 e. The van der Waals surface area contributed by atoms with Crippen LogP contribution in [-0.4, -0.2) is 54.7 Å². The first-order valence-corrected chi connectivity index (χ1v) is 16.9. The minimum atomic E-state index is -3.47. The van der Waals surface area contributed by atoms with Gasteiger partial charge in [-0.15, -0.1) is 0 Å². The number of nitrogens with one attached hydrogen (secondary N) is 2. The van der Waals surface area contributed by atoms with E-state index >= 15 is 0 Å². The Morgan fingerprint density at radius 2 is 1.89 bits per heavy atom. The van der Waals surface area contributed by atoms with Gasteiger partial charge >= 0.3 is 0 Å². The monoisotopic (exact) mass is 572 g/mol. The number of nitrogens with zero attached hydrogens (tertiary/aromatic N) is 2. The van der Waals surface area contributed by atoms with E-state index in [2.05, 4.69) is 56.3 Å². The van der Waals surface area contributed by atoms with E-state index in [9.17, 15) is 13.5 Å². The van der Waals surface area contributed by atoms with E-state index in [0.29, 0.717) is 46.2 Å². The normalized spacial score (nSPS) is 22.9. The molecular formula is C24H37N4O4PS3. The molecule has 1 aromatic carbocycles. The molecule has 0 saturated carbocycles. The Balaban J connectivity index is 2.12. The van der Waals surface area contributed by atoms with Crippen LogP contribution in [-0.2, 0) is 26.4 Å². The fourth-order valence-electron chi connectivity index (χ4n) is 4.31. The molecule has 0 aliphatic carbocycles. The smallest absolute Gasteiger partial charge is 0.229 e. The van der Waals surface area contributed by atoms with Crippen molar-refractivity contribution < 1.29 is 18.0 Å². The minimum absolute atomic E-state index is 0.101. The van der Waals surface area contributed by atoms with Crippen LogP contribution in [0.2, 0.25) is 0 Å². The van der Waals surface area contributed by atoms with Gasteiger partial charge in [0.05, 0.1) is 35.5 Å². The fourth-order valence-corrected chi connectivity index (χ4v) is 8.14. The van der Waals surface area contributed by atoms with Gasteiger partial charge in [-0.2, -0.15) is 0 Å². The van der Waals surface area contributed by atoms with Crippen LogP contribution in [0.15, 0.2) is 34.5 Å². The molecule has 2 aliphatic rings. The highest BCUT2D eigenvalue weighted by atomic mass is 32.4. The number of aliphatic imine (C=N–C) groups is 1. The molecule has 12 heteroatoms. The number of sulfonamides is 1. The van der Waals surface area contributed by atoms with E-state index in [0.717, 1.165) is 12.7 Å². The van der Waals surface area contributed by atoms with E-state index in [1.165, 1.54) is 0 Å². The van der Waals surface area contributed by atoms with Crippen molar-refractivity contribution in [2.24, 2.45) is 15.8 Å². The van der Waals surface area contributed by atoms with E-state index in [-0.39, 0.29) is 22.6 Å². The first kappa shape index (κ1) is 29.0. The Kier molecular flexibility index (Phi) is 8.05. The predicted molar refractivity (Wildman–Crippen MR) is 157 cm³/mol. The van der Waals surface area contributed by atoms with Gasteiger partial charge in [0.1, 0.15) is 16.6 Å². The predicted octanol–water partition coefficient (Wildman–Crippen LogP) is 4.97. The van der Waals surface area contributed by atoms with E-state index in [1.54, 1.807) is 18.2 Å². The van der Waals surface area contributed by atoms with Gasteiger partial charge in [-0.05, 0) is 54.2 Å². The van der Waals surface area contributed by atoms with Crippen LogP contribution in [0, 0.1) is 10.8 Å². The summed E-state index contributed by atoms with van der Waals surface area (Å²) in [6.45, 7) is 15.7. The molecule has 0 spiro atoms. The standard InChI is InChI=1S/C24H37N4O4PS3/c1-9-32-33(35)17-14-15(27-36(8,30)31)10-11-16(17)25-21(26-33)18-19(29)20(24(5,6)7)28(22(18)34)13-12-23(2,3)4/h10-11,14,20,27,29H,9,12-13H2,1-8H3,(H,25,26,35)/t20?,33-/m0/s1. The summed E-state index contributed by atoms with van der Waals surface area (Å²) in [5, 5.41) is 15.4. The Bertz CT molecular complexity index is 1280. The van der Waals surface area contributed by atoms with Crippen molar-refractivity contribution in [3.05, 3.63) is 29.5 Å². The molecule has 200 valence electrons. The molecular weight excluding hydrogens is 535 g/mol. The number of benzene rings is 1. The summed E-state index contributed by atoms with van der Waals surface area (Å²) in [6, 6.07) is 4.69. The lowest BCUT2D eigenvalue weighted by Gasteiger charge is -2.37. The molecule has 1 aromatic rings. The average Bonchev–Trinajstić information content (AvgIpc) is 2.95. The zero-order valence-electron chi connectivity index (χ0n) is 22.2. The molecule has 36 heavy (non-hydrogen) atoms. The summed E-state index contributed by atoms with van der Waals surface area (Å²) in [5.41, 5.74) is 1.22. The number of hydrogen-bond acceptors (Lipinski definition) is 7. The van der Waals surface area contributed by atoms with Crippen molar-refractivity contribution in [3.63, 3.8) is 0 Å². The molecule has 8 nitrogen and oxygen atoms in total. The van der Waals surface area contributed by atoms with Crippen molar-refractivity contribution in [2.45, 2.75) is 60.9 Å². The van der Waals surface area contributed by atoms with Gasteiger partial charge in [-0.25, -0.2) is 13.4 Å². The summed E-state index contributed by atoms with van der Waals surface area (Å²) < 4.78 is 32.0. The molecule has 3 N–H and O–H groups in total. The maximum absolute atomic E-state index is 11.8. The first-order chi connectivity index (χ1) is 16.4. The Labute approximate surface area is 225 Å². The number of rotatable bonds is 7. The van der Waals surface area contributed by atoms with E-state index in [4.69, 9.17) is 33.5 Å². The summed E-state index contributed by atoms with van der Waals surface area (Å²) in [5.74, 6) is 0.558. The maximum atomic E-state index is 11.8. The molecule has 1 unspecified atom stereocenters. The second-order valence-electron chi connectivity index (χ2n) is 11.5. The van der Waals surface area contributed by atoms with Gasteiger partial charge in [-0.3, -0.25) is 4.72 Å². The number of aliphatic hydroxyl groups excluding tert-OH is 1. The van der Waals surface area contributed by atoms with Crippen LogP contribution < -0.4 is 15.1 Å². The lowest BCUT2D eigenvalue weighted by molar-refractivity contribution is 0.149. The third-order valence-electron chi connectivity index (χ3n) is 5.85. The SMILES string of the molecule is CCO[P@@]1(=S)NC(C2=C(O)C(C(C)(C)C)N(CCC(C)(C)C)C2=S)=Nc2ccc(NS(C)(=O)=O)cc21. The van der Waals surface area contributed by atoms with Gasteiger partial charge in [-0.1, -0.05) is 53.8 Å². The lowest BCUT2D eigenvalue weighted by atomic mass is 9.84. The third-order valence-corrected chi connectivity index (χ3v) is 10.2. The molecule has 2 atom stereocenters. The fraction of sp³-hybridized carbons (Fsp3) is 0.583. The van der Waals surface area contributed by atoms with Gasteiger partial charge in [0.2, 0.25) is 10.0 Å². The molecule has 0 radical (unpaired) electrons. The van der Waals surface area contributed by atoms with Crippen molar-refractivity contribution in [1.82, 2.24) is 9.99 Å². The Morgan fingerprint density at radius 3 is 2.42 bits per heavy atom. The zero-order valence-corrected chi connectivity index (χ0v) is 25.5. The van der Waals surface area contributed by atoms with Crippen molar-refractivity contribution >= 4 is 68.0 Å². The van der Waals surface area contributed by atoms with Crippen LogP contribution in [0.3, 0.4) is 0 Å². The molecule has 2 aliphatic heterocycles.